The average Bonchev–Trinajstić information content (AvgIpc) is 3.41. The van der Waals surface area contributed by atoms with Crippen molar-refractivity contribution in [2.45, 2.75) is 51.4 Å². The molecule has 51 heavy (non-hydrogen) atoms. The van der Waals surface area contributed by atoms with Crippen LogP contribution < -0.4 is 4.90 Å². The van der Waals surface area contributed by atoms with Crippen LogP contribution in [0.3, 0.4) is 0 Å². The highest BCUT2D eigenvalue weighted by atomic mass is 15.1. The summed E-state index contributed by atoms with van der Waals surface area (Å²) >= 11 is 0. The van der Waals surface area contributed by atoms with Gasteiger partial charge in [0.15, 0.2) is 0 Å². The molecule has 1 unspecified atom stereocenters. The number of nitrogens with zero attached hydrogens (tertiary/aromatic N) is 1. The molecule has 0 bridgehead atoms. The van der Waals surface area contributed by atoms with Crippen LogP contribution >= 0.6 is 0 Å². The van der Waals surface area contributed by atoms with E-state index in [-0.39, 0.29) is 5.41 Å². The lowest BCUT2D eigenvalue weighted by Crippen LogP contribution is -2.17. The molecule has 0 fully saturated rings. The number of rotatable bonds is 6. The van der Waals surface area contributed by atoms with Gasteiger partial charge < -0.3 is 4.90 Å². The zero-order valence-corrected chi connectivity index (χ0v) is 29.7. The van der Waals surface area contributed by atoms with Gasteiger partial charge in [0, 0.05) is 22.5 Å². The van der Waals surface area contributed by atoms with Gasteiger partial charge in [-0.2, -0.15) is 0 Å². The molecule has 3 aliphatic rings. The summed E-state index contributed by atoms with van der Waals surface area (Å²) in [5, 5.41) is 0. The molecule has 0 saturated carbocycles. The van der Waals surface area contributed by atoms with E-state index in [1.54, 1.807) is 0 Å². The Kier molecular flexibility index (Phi) is 7.73. The van der Waals surface area contributed by atoms with E-state index in [4.69, 9.17) is 0 Å². The van der Waals surface area contributed by atoms with Crippen LogP contribution in [0.15, 0.2) is 163 Å². The summed E-state index contributed by atoms with van der Waals surface area (Å²) in [6.07, 6.45) is 12.8. The van der Waals surface area contributed by atoms with Crippen molar-refractivity contribution in [3.8, 4) is 33.4 Å². The van der Waals surface area contributed by atoms with Gasteiger partial charge in [-0.1, -0.05) is 148 Å². The molecular formula is C50H43N. The van der Waals surface area contributed by atoms with Crippen LogP contribution in [0.25, 0.3) is 45.0 Å². The Hall–Kier alpha value is -5.66. The largest absolute Gasteiger partial charge is 0.310 e. The second-order valence-electron chi connectivity index (χ2n) is 14.9. The molecule has 0 radical (unpaired) electrons. The van der Waals surface area contributed by atoms with Gasteiger partial charge in [0.25, 0.3) is 0 Å². The smallest absolute Gasteiger partial charge is 0.0468 e. The first-order chi connectivity index (χ1) is 25.0. The van der Waals surface area contributed by atoms with Crippen molar-refractivity contribution in [1.29, 1.82) is 0 Å². The van der Waals surface area contributed by atoms with E-state index < -0.39 is 0 Å². The van der Waals surface area contributed by atoms with E-state index in [0.717, 1.165) is 30.6 Å². The van der Waals surface area contributed by atoms with Crippen LogP contribution in [0.4, 0.5) is 17.1 Å². The normalized spacial score (nSPS) is 16.8. The summed E-state index contributed by atoms with van der Waals surface area (Å²) in [7, 11) is 0. The van der Waals surface area contributed by atoms with Gasteiger partial charge in [-0.15, -0.1) is 0 Å². The lowest BCUT2D eigenvalue weighted by molar-refractivity contribution is 0.654. The summed E-state index contributed by atoms with van der Waals surface area (Å²) < 4.78 is 0. The minimum Gasteiger partial charge on any atom is -0.310 e. The zero-order chi connectivity index (χ0) is 34.5. The van der Waals surface area contributed by atoms with E-state index in [0.29, 0.717) is 5.92 Å². The maximum atomic E-state index is 2.47. The highest BCUT2D eigenvalue weighted by molar-refractivity contribution is 5.93. The van der Waals surface area contributed by atoms with Gasteiger partial charge in [0.2, 0.25) is 0 Å². The molecule has 1 nitrogen and oxygen atoms in total. The van der Waals surface area contributed by atoms with Crippen LogP contribution in [0.2, 0.25) is 0 Å². The first-order valence-corrected chi connectivity index (χ1v) is 18.5. The fourth-order valence-corrected chi connectivity index (χ4v) is 8.77. The molecule has 0 amide bonds. The second-order valence-corrected chi connectivity index (χ2v) is 14.9. The molecule has 0 N–H and O–H groups in total. The molecule has 0 heterocycles. The van der Waals surface area contributed by atoms with Crippen molar-refractivity contribution < 1.29 is 0 Å². The fourth-order valence-electron chi connectivity index (χ4n) is 8.77. The summed E-state index contributed by atoms with van der Waals surface area (Å²) in [6, 6.07) is 51.7. The quantitative estimate of drug-likeness (QED) is 0.172. The Morgan fingerprint density at radius 2 is 1.18 bits per heavy atom. The standard InChI is InChI=1S/C50H43N/c1-34-14-12-19-38-20-13-22-43(49(34)38)37-24-26-39(27-25-37)51(41-29-31-45-44-21-10-11-23-47(44)50(2,3)48(45)33-41)40-28-30-42(35-15-6-4-7-16-35)46(32-40)36-17-8-5-9-18-36/h4-9,12-13,15-34H,10-11,14H2,1-3H3. The molecular weight excluding hydrogens is 615 g/mol. The van der Waals surface area contributed by atoms with E-state index in [9.17, 15) is 0 Å². The Balaban J connectivity index is 1.22. The Morgan fingerprint density at radius 1 is 0.549 bits per heavy atom. The van der Waals surface area contributed by atoms with Crippen molar-refractivity contribution in [3.05, 3.63) is 186 Å². The summed E-state index contributed by atoms with van der Waals surface area (Å²) in [5.74, 6) is 0.501. The van der Waals surface area contributed by atoms with Crippen LogP contribution in [0, 0.1) is 0 Å². The van der Waals surface area contributed by atoms with Crippen LogP contribution in [-0.2, 0) is 5.41 Å². The zero-order valence-electron chi connectivity index (χ0n) is 29.7. The van der Waals surface area contributed by atoms with Crippen molar-refractivity contribution in [2.75, 3.05) is 4.90 Å². The fraction of sp³-hybridized carbons (Fsp3) is 0.160. The summed E-state index contributed by atoms with van der Waals surface area (Å²) in [5.41, 5.74) is 19.4. The molecule has 0 spiro atoms. The molecule has 6 aromatic rings. The molecule has 1 atom stereocenters. The number of hydrogen-bond donors (Lipinski definition) is 0. The average molecular weight is 658 g/mol. The number of anilines is 3. The van der Waals surface area contributed by atoms with Gasteiger partial charge >= 0.3 is 0 Å². The van der Waals surface area contributed by atoms with Gasteiger partial charge in [0.05, 0.1) is 0 Å². The van der Waals surface area contributed by atoms with Crippen LogP contribution in [0.1, 0.15) is 68.2 Å². The van der Waals surface area contributed by atoms with Crippen LogP contribution in [-0.4, -0.2) is 0 Å². The van der Waals surface area contributed by atoms with Crippen molar-refractivity contribution >= 4 is 28.7 Å². The predicted molar refractivity (Wildman–Crippen MR) is 218 cm³/mol. The summed E-state index contributed by atoms with van der Waals surface area (Å²) in [6.45, 7) is 7.14. The highest BCUT2D eigenvalue weighted by Crippen LogP contribution is 2.53. The summed E-state index contributed by atoms with van der Waals surface area (Å²) in [4.78, 5) is 2.46. The van der Waals surface area contributed by atoms with Crippen molar-refractivity contribution in [1.82, 2.24) is 0 Å². The molecule has 3 aliphatic carbocycles. The number of hydrogen-bond acceptors (Lipinski definition) is 1. The lowest BCUT2D eigenvalue weighted by atomic mass is 9.80. The molecule has 0 aromatic heterocycles. The van der Waals surface area contributed by atoms with E-state index in [1.165, 1.54) is 72.5 Å². The van der Waals surface area contributed by atoms with Crippen molar-refractivity contribution in [2.24, 2.45) is 0 Å². The highest BCUT2D eigenvalue weighted by Gasteiger charge is 2.39. The maximum absolute atomic E-state index is 2.47. The third-order valence-corrected chi connectivity index (χ3v) is 11.3. The monoisotopic (exact) mass is 657 g/mol. The van der Waals surface area contributed by atoms with E-state index >= 15 is 0 Å². The molecule has 0 aliphatic heterocycles. The molecule has 248 valence electrons. The Bertz CT molecular complexity index is 2350. The van der Waals surface area contributed by atoms with Gasteiger partial charge in [-0.25, -0.2) is 0 Å². The third-order valence-electron chi connectivity index (χ3n) is 11.3. The maximum Gasteiger partial charge on any atom is 0.0468 e. The Morgan fingerprint density at radius 3 is 1.92 bits per heavy atom. The van der Waals surface area contributed by atoms with E-state index in [1.807, 2.05) is 0 Å². The lowest BCUT2D eigenvalue weighted by Gasteiger charge is -2.29. The topological polar surface area (TPSA) is 3.24 Å². The molecule has 0 saturated heterocycles. The number of benzene rings is 6. The van der Waals surface area contributed by atoms with Gasteiger partial charge in [-0.3, -0.25) is 0 Å². The SMILES string of the molecule is CC1CC=Cc2cccc(-c3ccc(N(c4ccc(-c5ccccc5)c(-c5ccccc5)c4)c4ccc5c(c4)C(C)(C)C4=CCCC=C45)cc3)c21. The minimum atomic E-state index is -0.0446. The third kappa shape index (κ3) is 5.40. The Labute approximate surface area is 302 Å². The second kappa shape index (κ2) is 12.6. The van der Waals surface area contributed by atoms with Gasteiger partial charge in [0.1, 0.15) is 0 Å². The number of fused-ring (bicyclic) bond motifs is 4. The first kappa shape index (κ1) is 31.3. The minimum absolute atomic E-state index is 0.0446. The first-order valence-electron chi connectivity index (χ1n) is 18.5. The molecule has 1 heteroatoms. The molecule has 9 rings (SSSR count). The van der Waals surface area contributed by atoms with Crippen LogP contribution in [0.5, 0.6) is 0 Å². The van der Waals surface area contributed by atoms with E-state index in [2.05, 4.69) is 190 Å². The predicted octanol–water partition coefficient (Wildman–Crippen LogP) is 14.1. The molecule has 6 aromatic carbocycles. The van der Waals surface area contributed by atoms with Crippen molar-refractivity contribution in [3.63, 3.8) is 0 Å². The van der Waals surface area contributed by atoms with Gasteiger partial charge in [-0.05, 0) is 128 Å². The number of allylic oxidation sites excluding steroid dienone is 5.